The molecule has 0 atom stereocenters. The molecule has 0 amide bonds. The van der Waals surface area contributed by atoms with E-state index in [4.69, 9.17) is 11.6 Å². The van der Waals surface area contributed by atoms with E-state index in [1.807, 2.05) is 0 Å². The molecule has 0 rings (SSSR count). The Morgan fingerprint density at radius 1 is 1.23 bits per heavy atom. The highest BCUT2D eigenvalue weighted by Gasteiger charge is 1.97. The van der Waals surface area contributed by atoms with Gasteiger partial charge in [-0.15, -0.1) is 0 Å². The van der Waals surface area contributed by atoms with Gasteiger partial charge >= 0.3 is 0 Å². The van der Waals surface area contributed by atoms with Gasteiger partial charge in [0.25, 0.3) is 0 Å². The van der Waals surface area contributed by atoms with Crippen LogP contribution in [0.25, 0.3) is 0 Å². The van der Waals surface area contributed by atoms with E-state index >= 15 is 0 Å². The van der Waals surface area contributed by atoms with Gasteiger partial charge in [0.15, 0.2) is 0 Å². The predicted molar refractivity (Wildman–Crippen MR) is 59.8 cm³/mol. The fourth-order valence-corrected chi connectivity index (χ4v) is 1.21. The van der Waals surface area contributed by atoms with Crippen molar-refractivity contribution in [2.24, 2.45) is 0 Å². The number of rotatable bonds is 5. The molecule has 0 aromatic rings. The van der Waals surface area contributed by atoms with Gasteiger partial charge in [-0.2, -0.15) is 0 Å². The standard InChI is InChI=1S/C11H18ClN/c1-3-9-13(10-4-2)11-7-5-6-8-12/h6,8H,3-4,9-11H2,1-2H3/b8-6-. The molecule has 0 aliphatic carbocycles. The van der Waals surface area contributed by atoms with Crippen molar-refractivity contribution in [1.29, 1.82) is 0 Å². The highest BCUT2D eigenvalue weighted by Crippen LogP contribution is 1.92. The molecule has 0 aliphatic rings. The second kappa shape index (κ2) is 9.64. The molecule has 0 bridgehead atoms. The number of hydrogen-bond acceptors (Lipinski definition) is 1. The summed E-state index contributed by atoms with van der Waals surface area (Å²) in [6.07, 6.45) is 4.04. The van der Waals surface area contributed by atoms with Gasteiger partial charge < -0.3 is 0 Å². The maximum absolute atomic E-state index is 5.34. The molecule has 0 unspecified atom stereocenters. The molecule has 0 heterocycles. The average Bonchev–Trinajstić information content (AvgIpc) is 2.13. The van der Waals surface area contributed by atoms with Crippen LogP contribution in [-0.2, 0) is 0 Å². The van der Waals surface area contributed by atoms with Gasteiger partial charge in [-0.1, -0.05) is 37.3 Å². The van der Waals surface area contributed by atoms with E-state index in [2.05, 4.69) is 30.6 Å². The van der Waals surface area contributed by atoms with Crippen LogP contribution in [0.5, 0.6) is 0 Å². The van der Waals surface area contributed by atoms with Crippen molar-refractivity contribution in [3.63, 3.8) is 0 Å². The highest BCUT2D eigenvalue weighted by molar-refractivity contribution is 6.25. The second-order valence-electron chi connectivity index (χ2n) is 2.89. The molecule has 0 saturated heterocycles. The molecular weight excluding hydrogens is 182 g/mol. The van der Waals surface area contributed by atoms with Gasteiger partial charge in [0.05, 0.1) is 6.54 Å². The summed E-state index contributed by atoms with van der Waals surface area (Å²) in [5, 5.41) is 0. The third-order valence-corrected chi connectivity index (χ3v) is 1.76. The topological polar surface area (TPSA) is 3.24 Å². The van der Waals surface area contributed by atoms with Crippen LogP contribution in [0.15, 0.2) is 11.6 Å². The summed E-state index contributed by atoms with van der Waals surface area (Å²) in [5.41, 5.74) is 1.44. The Labute approximate surface area is 86.8 Å². The van der Waals surface area contributed by atoms with E-state index in [1.54, 1.807) is 6.08 Å². The van der Waals surface area contributed by atoms with Crippen LogP contribution >= 0.6 is 11.6 Å². The average molecular weight is 200 g/mol. The second-order valence-corrected chi connectivity index (χ2v) is 3.14. The first-order valence-electron chi connectivity index (χ1n) is 4.81. The zero-order valence-corrected chi connectivity index (χ0v) is 9.27. The van der Waals surface area contributed by atoms with Crippen LogP contribution in [0, 0.1) is 11.8 Å². The third-order valence-electron chi connectivity index (χ3n) is 1.63. The van der Waals surface area contributed by atoms with Gasteiger partial charge in [-0.25, -0.2) is 0 Å². The van der Waals surface area contributed by atoms with E-state index in [0.29, 0.717) is 0 Å². The lowest BCUT2D eigenvalue weighted by molar-refractivity contribution is 0.308. The van der Waals surface area contributed by atoms with E-state index in [1.165, 1.54) is 18.4 Å². The van der Waals surface area contributed by atoms with Crippen molar-refractivity contribution in [3.8, 4) is 11.8 Å². The first-order valence-corrected chi connectivity index (χ1v) is 5.24. The lowest BCUT2D eigenvalue weighted by atomic mass is 10.3. The summed E-state index contributed by atoms with van der Waals surface area (Å²) in [5.74, 6) is 5.94. The number of allylic oxidation sites excluding steroid dienone is 1. The van der Waals surface area contributed by atoms with Crippen LogP contribution in [0.1, 0.15) is 26.7 Å². The Hall–Kier alpha value is -0.450. The largest absolute Gasteiger partial charge is 0.292 e. The first kappa shape index (κ1) is 12.6. The number of nitrogens with zero attached hydrogens (tertiary/aromatic N) is 1. The normalized spacial score (nSPS) is 10.5. The van der Waals surface area contributed by atoms with Crippen LogP contribution in [0.2, 0.25) is 0 Å². The maximum atomic E-state index is 5.34. The summed E-state index contributed by atoms with van der Waals surface area (Å²) >= 11 is 5.34. The summed E-state index contributed by atoms with van der Waals surface area (Å²) in [6, 6.07) is 0. The van der Waals surface area contributed by atoms with Gasteiger partial charge in [0, 0.05) is 5.54 Å². The molecule has 74 valence electrons. The van der Waals surface area contributed by atoms with E-state index in [-0.39, 0.29) is 0 Å². The molecule has 0 aliphatic heterocycles. The smallest absolute Gasteiger partial charge is 0.0605 e. The molecular formula is C11H18ClN. The molecule has 0 aromatic carbocycles. The van der Waals surface area contributed by atoms with Crippen molar-refractivity contribution in [2.75, 3.05) is 19.6 Å². The van der Waals surface area contributed by atoms with Crippen molar-refractivity contribution in [1.82, 2.24) is 4.90 Å². The predicted octanol–water partition coefficient (Wildman–Crippen LogP) is 2.86. The summed E-state index contributed by atoms with van der Waals surface area (Å²) in [6.45, 7) is 7.49. The zero-order valence-electron chi connectivity index (χ0n) is 8.52. The van der Waals surface area contributed by atoms with Gasteiger partial charge in [-0.05, 0) is 32.0 Å². The third kappa shape index (κ3) is 7.90. The fraction of sp³-hybridized carbons (Fsp3) is 0.636. The number of hydrogen-bond donors (Lipinski definition) is 0. The van der Waals surface area contributed by atoms with E-state index in [9.17, 15) is 0 Å². The van der Waals surface area contributed by atoms with Crippen molar-refractivity contribution in [3.05, 3.63) is 11.6 Å². The van der Waals surface area contributed by atoms with Crippen molar-refractivity contribution < 1.29 is 0 Å². The minimum atomic E-state index is 0.850. The monoisotopic (exact) mass is 199 g/mol. The van der Waals surface area contributed by atoms with Crippen LogP contribution < -0.4 is 0 Å². The van der Waals surface area contributed by atoms with Crippen molar-refractivity contribution >= 4 is 11.6 Å². The molecule has 0 saturated carbocycles. The SMILES string of the molecule is CCCN(CC#C/C=C\Cl)CCC. The molecule has 2 heteroatoms. The highest BCUT2D eigenvalue weighted by atomic mass is 35.5. The molecule has 0 spiro atoms. The van der Waals surface area contributed by atoms with E-state index < -0.39 is 0 Å². The van der Waals surface area contributed by atoms with Crippen molar-refractivity contribution in [2.45, 2.75) is 26.7 Å². The molecule has 0 N–H and O–H groups in total. The Morgan fingerprint density at radius 2 is 1.85 bits per heavy atom. The number of halogens is 1. The Morgan fingerprint density at radius 3 is 2.31 bits per heavy atom. The lowest BCUT2D eigenvalue weighted by Gasteiger charge is -2.17. The molecule has 13 heavy (non-hydrogen) atoms. The quantitative estimate of drug-likeness (QED) is 0.616. The minimum Gasteiger partial charge on any atom is -0.292 e. The molecule has 0 aromatic heterocycles. The van der Waals surface area contributed by atoms with Crippen LogP contribution in [0.4, 0.5) is 0 Å². The first-order chi connectivity index (χ1) is 6.35. The molecule has 0 fully saturated rings. The van der Waals surface area contributed by atoms with Crippen LogP contribution in [-0.4, -0.2) is 24.5 Å². The fourth-order valence-electron chi connectivity index (χ4n) is 1.15. The summed E-state index contributed by atoms with van der Waals surface area (Å²) in [4.78, 5) is 2.36. The lowest BCUT2D eigenvalue weighted by Crippen LogP contribution is -2.25. The van der Waals surface area contributed by atoms with E-state index in [0.717, 1.165) is 19.6 Å². The molecule has 0 radical (unpaired) electrons. The Kier molecular flexibility index (Phi) is 9.30. The minimum absolute atomic E-state index is 0.850. The van der Waals surface area contributed by atoms with Crippen LogP contribution in [0.3, 0.4) is 0 Å². The van der Waals surface area contributed by atoms with Gasteiger partial charge in [0.1, 0.15) is 0 Å². The summed E-state index contributed by atoms with van der Waals surface area (Å²) < 4.78 is 0. The molecule has 1 nitrogen and oxygen atoms in total. The zero-order chi connectivity index (χ0) is 9.94. The van der Waals surface area contributed by atoms with Gasteiger partial charge in [-0.3, -0.25) is 4.90 Å². The maximum Gasteiger partial charge on any atom is 0.0605 e. The Bertz CT molecular complexity index is 182. The summed E-state index contributed by atoms with van der Waals surface area (Å²) in [7, 11) is 0. The Balaban J connectivity index is 3.75. The van der Waals surface area contributed by atoms with Gasteiger partial charge in [0.2, 0.25) is 0 Å².